The third-order valence-corrected chi connectivity index (χ3v) is 5.46. The Morgan fingerprint density at radius 1 is 1.08 bits per heavy atom. The number of nitrogens with two attached hydrogens (primary N) is 1. The van der Waals surface area contributed by atoms with Crippen LogP contribution in [0.15, 0.2) is 30.3 Å². The standard InChI is InChI=1S/C20H29N3O2.ClH/c21-17-8-10-18(11-9-17)22-20(25)16-7-4-12-23(14-16)19(24)13-15-5-2-1-3-6-15;/h1-3,5-6,16-18H,4,7-14,21H2,(H,22,25);1H. The molecular weight excluding hydrogens is 350 g/mol. The van der Waals surface area contributed by atoms with Crippen LogP contribution in [0.4, 0.5) is 0 Å². The number of carbonyl (C=O) groups is 2. The second kappa shape index (κ2) is 9.93. The smallest absolute Gasteiger partial charge is 0.227 e. The van der Waals surface area contributed by atoms with E-state index in [4.69, 9.17) is 5.73 Å². The van der Waals surface area contributed by atoms with Gasteiger partial charge in [0.1, 0.15) is 0 Å². The Labute approximate surface area is 162 Å². The van der Waals surface area contributed by atoms with Crippen LogP contribution in [-0.4, -0.2) is 41.9 Å². The minimum Gasteiger partial charge on any atom is -0.353 e. The molecule has 0 aromatic heterocycles. The van der Waals surface area contributed by atoms with Gasteiger partial charge in [-0.05, 0) is 44.1 Å². The summed E-state index contributed by atoms with van der Waals surface area (Å²) in [5.74, 6) is 0.147. The Balaban J connectivity index is 0.00000243. The van der Waals surface area contributed by atoms with Crippen molar-refractivity contribution in [2.24, 2.45) is 11.7 Å². The molecule has 1 heterocycles. The number of hydrogen-bond donors (Lipinski definition) is 2. The molecule has 1 aromatic carbocycles. The first-order chi connectivity index (χ1) is 12.1. The van der Waals surface area contributed by atoms with Crippen molar-refractivity contribution < 1.29 is 9.59 Å². The van der Waals surface area contributed by atoms with E-state index in [0.717, 1.165) is 50.6 Å². The fourth-order valence-corrected chi connectivity index (χ4v) is 3.88. The number of carbonyl (C=O) groups excluding carboxylic acids is 2. The van der Waals surface area contributed by atoms with Crippen LogP contribution in [0.5, 0.6) is 0 Å². The lowest BCUT2D eigenvalue weighted by atomic mass is 9.90. The van der Waals surface area contributed by atoms with Crippen molar-refractivity contribution in [2.45, 2.75) is 57.0 Å². The first-order valence-corrected chi connectivity index (χ1v) is 9.49. The number of nitrogens with zero attached hydrogens (tertiary/aromatic N) is 1. The predicted octanol–water partition coefficient (Wildman–Crippen LogP) is 2.28. The molecule has 144 valence electrons. The van der Waals surface area contributed by atoms with E-state index in [1.165, 1.54) is 0 Å². The Bertz CT molecular complexity index is 588. The molecule has 1 aliphatic carbocycles. The van der Waals surface area contributed by atoms with Gasteiger partial charge in [-0.25, -0.2) is 0 Å². The minimum absolute atomic E-state index is 0. The zero-order valence-corrected chi connectivity index (χ0v) is 16.0. The second-order valence-corrected chi connectivity index (χ2v) is 7.46. The summed E-state index contributed by atoms with van der Waals surface area (Å²) in [6.45, 7) is 1.30. The van der Waals surface area contributed by atoms with E-state index < -0.39 is 0 Å². The van der Waals surface area contributed by atoms with Gasteiger partial charge in [-0.15, -0.1) is 12.4 Å². The lowest BCUT2D eigenvalue weighted by Crippen LogP contribution is -2.49. The average Bonchev–Trinajstić information content (AvgIpc) is 2.64. The third kappa shape index (κ3) is 5.71. The summed E-state index contributed by atoms with van der Waals surface area (Å²) in [4.78, 5) is 27.0. The molecule has 0 radical (unpaired) electrons. The Hall–Kier alpha value is -1.59. The van der Waals surface area contributed by atoms with Crippen LogP contribution in [-0.2, 0) is 16.0 Å². The molecule has 1 aliphatic heterocycles. The molecular formula is C20H30ClN3O2. The summed E-state index contributed by atoms with van der Waals surface area (Å²) in [6, 6.07) is 10.3. The van der Waals surface area contributed by atoms with E-state index in [1.807, 2.05) is 35.2 Å². The highest BCUT2D eigenvalue weighted by Gasteiger charge is 2.30. The molecule has 2 amide bonds. The number of benzene rings is 1. The van der Waals surface area contributed by atoms with Crippen molar-refractivity contribution in [3.63, 3.8) is 0 Å². The molecule has 2 fully saturated rings. The van der Waals surface area contributed by atoms with E-state index in [0.29, 0.717) is 13.0 Å². The molecule has 6 heteroatoms. The van der Waals surface area contributed by atoms with Gasteiger partial charge >= 0.3 is 0 Å². The van der Waals surface area contributed by atoms with Crippen molar-refractivity contribution in [1.29, 1.82) is 0 Å². The summed E-state index contributed by atoms with van der Waals surface area (Å²) in [7, 11) is 0. The summed E-state index contributed by atoms with van der Waals surface area (Å²) in [5, 5.41) is 3.19. The molecule has 3 N–H and O–H groups in total. The highest BCUT2D eigenvalue weighted by atomic mass is 35.5. The third-order valence-electron chi connectivity index (χ3n) is 5.46. The summed E-state index contributed by atoms with van der Waals surface area (Å²) >= 11 is 0. The van der Waals surface area contributed by atoms with Gasteiger partial charge in [0.15, 0.2) is 0 Å². The fourth-order valence-electron chi connectivity index (χ4n) is 3.88. The second-order valence-electron chi connectivity index (χ2n) is 7.46. The minimum atomic E-state index is -0.0796. The van der Waals surface area contributed by atoms with Crippen molar-refractivity contribution in [1.82, 2.24) is 10.2 Å². The Morgan fingerprint density at radius 2 is 1.77 bits per heavy atom. The maximum Gasteiger partial charge on any atom is 0.227 e. The highest BCUT2D eigenvalue weighted by Crippen LogP contribution is 2.21. The quantitative estimate of drug-likeness (QED) is 0.842. The average molecular weight is 380 g/mol. The number of hydrogen-bond acceptors (Lipinski definition) is 3. The van der Waals surface area contributed by atoms with E-state index in [2.05, 4.69) is 5.32 Å². The largest absolute Gasteiger partial charge is 0.353 e. The first-order valence-electron chi connectivity index (χ1n) is 9.49. The molecule has 3 rings (SSSR count). The molecule has 1 aromatic rings. The van der Waals surface area contributed by atoms with Crippen molar-refractivity contribution >= 4 is 24.2 Å². The van der Waals surface area contributed by atoms with Gasteiger partial charge in [0.25, 0.3) is 0 Å². The lowest BCUT2D eigenvalue weighted by Gasteiger charge is -2.34. The van der Waals surface area contributed by atoms with Gasteiger partial charge in [-0.1, -0.05) is 30.3 Å². The van der Waals surface area contributed by atoms with Gasteiger partial charge < -0.3 is 16.0 Å². The van der Waals surface area contributed by atoms with Crippen LogP contribution in [0.25, 0.3) is 0 Å². The van der Waals surface area contributed by atoms with Crippen molar-refractivity contribution in [2.75, 3.05) is 13.1 Å². The lowest BCUT2D eigenvalue weighted by molar-refractivity contribution is -0.135. The summed E-state index contributed by atoms with van der Waals surface area (Å²) < 4.78 is 0. The van der Waals surface area contributed by atoms with Crippen LogP contribution in [0.1, 0.15) is 44.1 Å². The molecule has 1 saturated heterocycles. The van der Waals surface area contributed by atoms with Crippen LogP contribution >= 0.6 is 12.4 Å². The summed E-state index contributed by atoms with van der Waals surface area (Å²) in [6.07, 6.45) is 6.08. The number of nitrogens with one attached hydrogen (secondary N) is 1. The maximum atomic E-state index is 12.6. The van der Waals surface area contributed by atoms with Crippen LogP contribution in [0.3, 0.4) is 0 Å². The SMILES string of the molecule is Cl.NC1CCC(NC(=O)C2CCCN(C(=O)Cc3ccccc3)C2)CC1. The van der Waals surface area contributed by atoms with Gasteiger partial charge in [-0.2, -0.15) is 0 Å². The van der Waals surface area contributed by atoms with E-state index in [9.17, 15) is 9.59 Å². The monoisotopic (exact) mass is 379 g/mol. The fraction of sp³-hybridized carbons (Fsp3) is 0.600. The molecule has 26 heavy (non-hydrogen) atoms. The molecule has 1 unspecified atom stereocenters. The van der Waals surface area contributed by atoms with Crippen molar-refractivity contribution in [3.8, 4) is 0 Å². The number of rotatable bonds is 4. The van der Waals surface area contributed by atoms with Crippen LogP contribution in [0.2, 0.25) is 0 Å². The van der Waals surface area contributed by atoms with Crippen molar-refractivity contribution in [3.05, 3.63) is 35.9 Å². The molecule has 1 saturated carbocycles. The molecule has 5 nitrogen and oxygen atoms in total. The predicted molar refractivity (Wildman–Crippen MR) is 105 cm³/mol. The molecule has 1 atom stereocenters. The maximum absolute atomic E-state index is 12.6. The van der Waals surface area contributed by atoms with Gasteiger partial charge in [0.2, 0.25) is 11.8 Å². The zero-order valence-electron chi connectivity index (χ0n) is 15.2. The van der Waals surface area contributed by atoms with E-state index in [-0.39, 0.29) is 42.2 Å². The van der Waals surface area contributed by atoms with Gasteiger partial charge in [-0.3, -0.25) is 9.59 Å². The number of halogens is 1. The van der Waals surface area contributed by atoms with E-state index >= 15 is 0 Å². The molecule has 0 bridgehead atoms. The topological polar surface area (TPSA) is 75.4 Å². The van der Waals surface area contributed by atoms with E-state index in [1.54, 1.807) is 0 Å². The summed E-state index contributed by atoms with van der Waals surface area (Å²) in [5.41, 5.74) is 6.95. The number of piperidine rings is 1. The van der Waals surface area contributed by atoms with Crippen LogP contribution < -0.4 is 11.1 Å². The highest BCUT2D eigenvalue weighted by molar-refractivity contribution is 5.85. The van der Waals surface area contributed by atoms with Gasteiger partial charge in [0, 0.05) is 25.2 Å². The number of amides is 2. The van der Waals surface area contributed by atoms with Crippen LogP contribution in [0, 0.1) is 5.92 Å². The normalized spacial score (nSPS) is 25.9. The Morgan fingerprint density at radius 3 is 2.46 bits per heavy atom. The zero-order chi connectivity index (χ0) is 17.6. The molecule has 2 aliphatic rings. The Kier molecular flexibility index (Phi) is 7.91. The first kappa shape index (κ1) is 20.7. The molecule has 0 spiro atoms. The number of likely N-dealkylation sites (tertiary alicyclic amines) is 1. The van der Waals surface area contributed by atoms with Gasteiger partial charge in [0.05, 0.1) is 12.3 Å².